The summed E-state index contributed by atoms with van der Waals surface area (Å²) in [5, 5.41) is 60.4. The first kappa shape index (κ1) is 21.4. The number of rotatable bonds is 4. The van der Waals surface area contributed by atoms with Gasteiger partial charge in [0.2, 0.25) is 6.29 Å². The average molecular weight is 406 g/mol. The van der Waals surface area contributed by atoms with Gasteiger partial charge in [-0.3, -0.25) is 0 Å². The molecular formula is C17H26O11. The van der Waals surface area contributed by atoms with Crippen LogP contribution in [0.4, 0.5) is 0 Å². The lowest BCUT2D eigenvalue weighted by molar-refractivity contribution is -0.346. The van der Waals surface area contributed by atoms with Gasteiger partial charge in [0.25, 0.3) is 0 Å². The Balaban J connectivity index is 1.86. The van der Waals surface area contributed by atoms with Gasteiger partial charge in [-0.1, -0.05) is 0 Å². The van der Waals surface area contributed by atoms with Crippen LogP contribution in [0.3, 0.4) is 0 Å². The van der Waals surface area contributed by atoms with Crippen molar-refractivity contribution >= 4 is 5.97 Å². The summed E-state index contributed by atoms with van der Waals surface area (Å²) < 4.78 is 21.1. The Labute approximate surface area is 160 Å². The minimum absolute atomic E-state index is 0.0337. The lowest BCUT2D eigenvalue weighted by atomic mass is 9.80. The van der Waals surface area contributed by atoms with E-state index in [9.17, 15) is 35.4 Å². The molecule has 0 amide bonds. The maximum absolute atomic E-state index is 12.0. The first-order valence-corrected chi connectivity index (χ1v) is 8.92. The van der Waals surface area contributed by atoms with Gasteiger partial charge in [0.15, 0.2) is 6.29 Å². The van der Waals surface area contributed by atoms with Gasteiger partial charge in [-0.05, 0) is 6.92 Å². The zero-order valence-electron chi connectivity index (χ0n) is 15.4. The molecule has 0 spiro atoms. The van der Waals surface area contributed by atoms with Crippen LogP contribution in [0.1, 0.15) is 13.3 Å². The van der Waals surface area contributed by atoms with Crippen LogP contribution in [0, 0.1) is 11.8 Å². The largest absolute Gasteiger partial charge is 0.471 e. The zero-order chi connectivity index (χ0) is 20.8. The molecule has 28 heavy (non-hydrogen) atoms. The number of fused-ring (bicyclic) bond motifs is 1. The lowest BCUT2D eigenvalue weighted by Gasteiger charge is -2.44. The Kier molecular flexibility index (Phi) is 5.99. The van der Waals surface area contributed by atoms with E-state index in [1.54, 1.807) is 0 Å². The topological polar surface area (TPSA) is 175 Å². The van der Waals surface area contributed by atoms with E-state index in [0.717, 1.165) is 6.26 Å². The molecule has 0 bridgehead atoms. The molecule has 10 atom stereocenters. The van der Waals surface area contributed by atoms with Crippen molar-refractivity contribution in [2.75, 3.05) is 13.7 Å². The smallest absolute Gasteiger partial charge is 0.337 e. The maximum atomic E-state index is 12.0. The lowest BCUT2D eigenvalue weighted by Crippen LogP contribution is -2.60. The van der Waals surface area contributed by atoms with Crippen LogP contribution in [0.5, 0.6) is 0 Å². The number of ether oxygens (including phenoxy) is 4. The van der Waals surface area contributed by atoms with Crippen molar-refractivity contribution in [2.45, 2.75) is 62.0 Å². The summed E-state index contributed by atoms with van der Waals surface area (Å²) >= 11 is 0. The quantitative estimate of drug-likeness (QED) is 0.262. The van der Waals surface area contributed by atoms with E-state index in [0.29, 0.717) is 0 Å². The highest BCUT2D eigenvalue weighted by atomic mass is 16.8. The van der Waals surface area contributed by atoms with E-state index in [1.807, 2.05) is 0 Å². The van der Waals surface area contributed by atoms with E-state index >= 15 is 0 Å². The van der Waals surface area contributed by atoms with Crippen LogP contribution >= 0.6 is 0 Å². The molecule has 11 heteroatoms. The first-order valence-electron chi connectivity index (χ1n) is 8.92. The molecule has 0 unspecified atom stereocenters. The molecule has 0 aromatic carbocycles. The molecule has 160 valence electrons. The van der Waals surface area contributed by atoms with Gasteiger partial charge in [-0.25, -0.2) is 4.79 Å². The van der Waals surface area contributed by atoms with Crippen molar-refractivity contribution in [2.24, 2.45) is 11.8 Å². The predicted molar refractivity (Wildman–Crippen MR) is 88.1 cm³/mol. The first-order chi connectivity index (χ1) is 13.1. The maximum Gasteiger partial charge on any atom is 0.337 e. The molecule has 3 rings (SSSR count). The highest BCUT2D eigenvalue weighted by molar-refractivity contribution is 5.89. The molecule has 2 aliphatic heterocycles. The fraction of sp³-hybridized carbons (Fsp3) is 0.824. The van der Waals surface area contributed by atoms with Gasteiger partial charge in [0, 0.05) is 12.3 Å². The van der Waals surface area contributed by atoms with E-state index in [4.69, 9.17) is 18.9 Å². The van der Waals surface area contributed by atoms with Gasteiger partial charge < -0.3 is 49.6 Å². The summed E-state index contributed by atoms with van der Waals surface area (Å²) in [4.78, 5) is 12.0. The van der Waals surface area contributed by atoms with Gasteiger partial charge in [-0.2, -0.15) is 0 Å². The van der Waals surface area contributed by atoms with Crippen LogP contribution < -0.4 is 0 Å². The Morgan fingerprint density at radius 1 is 1.21 bits per heavy atom. The average Bonchev–Trinajstić information content (AvgIpc) is 2.91. The van der Waals surface area contributed by atoms with Crippen molar-refractivity contribution < 1.29 is 54.4 Å². The number of esters is 1. The fourth-order valence-corrected chi connectivity index (χ4v) is 4.21. The molecule has 3 aliphatic rings. The summed E-state index contributed by atoms with van der Waals surface area (Å²) in [7, 11) is 1.17. The van der Waals surface area contributed by atoms with Crippen molar-refractivity contribution in [3.63, 3.8) is 0 Å². The van der Waals surface area contributed by atoms with Crippen LogP contribution in [0.2, 0.25) is 0 Å². The van der Waals surface area contributed by atoms with Crippen molar-refractivity contribution in [1.82, 2.24) is 0 Å². The van der Waals surface area contributed by atoms with E-state index < -0.39 is 73.1 Å². The van der Waals surface area contributed by atoms with Crippen LogP contribution in [0.25, 0.3) is 0 Å². The molecule has 6 N–H and O–H groups in total. The summed E-state index contributed by atoms with van der Waals surface area (Å²) in [6.45, 7) is 0.819. The van der Waals surface area contributed by atoms with Gasteiger partial charge in [0.05, 0.1) is 43.2 Å². The molecule has 1 aliphatic carbocycles. The molecular weight excluding hydrogens is 380 g/mol. The number of carbonyl (C=O) groups excluding carboxylic acids is 1. The SMILES string of the molecule is COC(=O)C1=CO[C@@H](O[C@@H]2O[C@H](CO)[C@@H](O)[C@H](O)[C@H]2O)[C@H]2[C@@H]1[C@H](O)C[C@]2(C)O. The highest BCUT2D eigenvalue weighted by Gasteiger charge is 2.59. The van der Waals surface area contributed by atoms with Crippen molar-refractivity contribution in [3.05, 3.63) is 11.8 Å². The number of methoxy groups -OCH3 is 1. The van der Waals surface area contributed by atoms with Crippen LogP contribution in [-0.4, -0.2) is 99.0 Å². The van der Waals surface area contributed by atoms with Gasteiger partial charge >= 0.3 is 5.97 Å². The number of hydrogen-bond acceptors (Lipinski definition) is 11. The molecule has 2 heterocycles. The van der Waals surface area contributed by atoms with Gasteiger partial charge in [-0.15, -0.1) is 0 Å². The predicted octanol–water partition coefficient (Wildman–Crippen LogP) is -3.04. The Morgan fingerprint density at radius 3 is 2.50 bits per heavy atom. The number of aliphatic hydroxyl groups is 6. The van der Waals surface area contributed by atoms with Crippen LogP contribution in [0.15, 0.2) is 11.8 Å². The highest BCUT2D eigenvalue weighted by Crippen LogP contribution is 2.49. The third-order valence-corrected chi connectivity index (χ3v) is 5.66. The molecule has 0 aromatic rings. The third kappa shape index (κ3) is 3.53. The normalized spacial score (nSPS) is 48.4. The van der Waals surface area contributed by atoms with Gasteiger partial charge in [0.1, 0.15) is 24.4 Å². The molecule has 1 saturated carbocycles. The van der Waals surface area contributed by atoms with Crippen LogP contribution in [-0.2, 0) is 23.7 Å². The van der Waals surface area contributed by atoms with E-state index in [1.165, 1.54) is 14.0 Å². The summed E-state index contributed by atoms with van der Waals surface area (Å²) in [5.74, 6) is -2.50. The second-order valence-corrected chi connectivity index (χ2v) is 7.58. The minimum Gasteiger partial charge on any atom is -0.471 e. The number of hydrogen-bond donors (Lipinski definition) is 6. The number of aliphatic hydroxyl groups excluding tert-OH is 5. The standard InChI is InChI=1S/C17H26O11/c1-17(24)3-7(19)9-6(14(23)25-2)5-26-15(10(9)17)28-16-13(22)12(21)11(20)8(4-18)27-16/h5,7-13,15-16,18-22,24H,3-4H2,1-2H3/t7-,8-,9+,10-,11-,12+,13-,15+,16+,17+/m1/s1. The second-order valence-electron chi connectivity index (χ2n) is 7.58. The minimum atomic E-state index is -1.66. The Bertz CT molecular complexity index is 618. The zero-order valence-corrected chi connectivity index (χ0v) is 15.4. The third-order valence-electron chi connectivity index (χ3n) is 5.66. The summed E-state index contributed by atoms with van der Waals surface area (Å²) in [6.07, 6.45) is -8.88. The molecule has 2 fully saturated rings. The Hall–Kier alpha value is -1.31. The molecule has 1 saturated heterocycles. The van der Waals surface area contributed by atoms with Crippen molar-refractivity contribution in [1.29, 1.82) is 0 Å². The fourth-order valence-electron chi connectivity index (χ4n) is 4.21. The molecule has 0 radical (unpaired) electrons. The monoisotopic (exact) mass is 406 g/mol. The molecule has 0 aromatic heterocycles. The molecule has 11 nitrogen and oxygen atoms in total. The second kappa shape index (κ2) is 7.84. The summed E-state index contributed by atoms with van der Waals surface area (Å²) in [5.41, 5.74) is -1.46. The van der Waals surface area contributed by atoms with E-state index in [2.05, 4.69) is 0 Å². The number of carbonyl (C=O) groups is 1. The van der Waals surface area contributed by atoms with Crippen molar-refractivity contribution in [3.8, 4) is 0 Å². The Morgan fingerprint density at radius 2 is 1.89 bits per heavy atom. The van der Waals surface area contributed by atoms with E-state index in [-0.39, 0.29) is 12.0 Å². The summed E-state index contributed by atoms with van der Waals surface area (Å²) in [6, 6.07) is 0.